The fourth-order valence-electron chi connectivity index (χ4n) is 2.76. The molecule has 0 aliphatic rings. The molecule has 1 aromatic carbocycles. The highest BCUT2D eigenvalue weighted by molar-refractivity contribution is 14.0. The van der Waals surface area contributed by atoms with Gasteiger partial charge in [0, 0.05) is 13.1 Å². The number of guanidine groups is 1. The summed E-state index contributed by atoms with van der Waals surface area (Å²) in [5.41, 5.74) is 3.73. The van der Waals surface area contributed by atoms with Gasteiger partial charge >= 0.3 is 0 Å². The molecule has 0 radical (unpaired) electrons. The third-order valence-corrected chi connectivity index (χ3v) is 4.96. The number of nitrogens with zero attached hydrogens (tertiary/aromatic N) is 4. The highest BCUT2D eigenvalue weighted by Gasteiger charge is 2.07. The lowest BCUT2D eigenvalue weighted by molar-refractivity contribution is 0.684. The number of hydrogen-bond acceptors (Lipinski definition) is 4. The minimum atomic E-state index is 0. The summed E-state index contributed by atoms with van der Waals surface area (Å²) in [6.45, 7) is 7.35. The molecule has 1 unspecified atom stereocenters. The Hall–Kier alpha value is -1.94. The van der Waals surface area contributed by atoms with Crippen molar-refractivity contribution in [2.75, 3.05) is 13.1 Å². The van der Waals surface area contributed by atoms with Crippen LogP contribution in [0, 0.1) is 0 Å². The first-order chi connectivity index (χ1) is 13.2. The Morgan fingerprint density at radius 2 is 2.11 bits per heavy atom. The molecule has 0 fully saturated rings. The van der Waals surface area contributed by atoms with Crippen LogP contribution in [0.5, 0.6) is 0 Å². The average molecular weight is 510 g/mol. The predicted molar refractivity (Wildman–Crippen MR) is 127 cm³/mol. The lowest BCUT2D eigenvalue weighted by atomic mass is 10.1. The van der Waals surface area contributed by atoms with Crippen LogP contribution >= 0.6 is 35.3 Å². The van der Waals surface area contributed by atoms with Gasteiger partial charge in [-0.1, -0.05) is 31.2 Å². The van der Waals surface area contributed by atoms with Gasteiger partial charge in [0.1, 0.15) is 12.7 Å². The quantitative estimate of drug-likeness (QED) is 0.275. The van der Waals surface area contributed by atoms with Crippen molar-refractivity contribution in [3.63, 3.8) is 0 Å². The molecule has 6 nitrogen and oxygen atoms in total. The minimum absolute atomic E-state index is 0. The molecule has 3 rings (SSSR count). The van der Waals surface area contributed by atoms with Gasteiger partial charge in [-0.2, -0.15) is 16.4 Å². The standard InChI is InChI=1S/C20H26N6S.HI/c1-3-22-20(23-10-16(2)19-7-8-27-13-19)24-11-17-5-4-6-18(9-17)12-26-15-21-14-25-26;/h4-9,13-16H,3,10-12H2,1-2H3,(H2,22,23,24);1H. The van der Waals surface area contributed by atoms with Crippen LogP contribution in [0.2, 0.25) is 0 Å². The molecule has 2 heterocycles. The maximum Gasteiger partial charge on any atom is 0.191 e. The van der Waals surface area contributed by atoms with Crippen molar-refractivity contribution < 1.29 is 0 Å². The highest BCUT2D eigenvalue weighted by Crippen LogP contribution is 2.17. The van der Waals surface area contributed by atoms with E-state index in [-0.39, 0.29) is 24.0 Å². The van der Waals surface area contributed by atoms with Crippen molar-refractivity contribution in [2.24, 2.45) is 4.99 Å². The second kappa shape index (κ2) is 11.8. The molecule has 150 valence electrons. The van der Waals surface area contributed by atoms with E-state index in [0.29, 0.717) is 19.0 Å². The summed E-state index contributed by atoms with van der Waals surface area (Å²) in [5.74, 6) is 1.30. The van der Waals surface area contributed by atoms with Crippen LogP contribution in [-0.2, 0) is 13.1 Å². The number of aromatic nitrogens is 3. The maximum absolute atomic E-state index is 4.74. The number of halogens is 1. The van der Waals surface area contributed by atoms with E-state index in [1.807, 2.05) is 4.68 Å². The number of hydrogen-bond donors (Lipinski definition) is 2. The molecule has 0 bridgehead atoms. The predicted octanol–water partition coefficient (Wildman–Crippen LogP) is 3.86. The number of rotatable bonds is 8. The van der Waals surface area contributed by atoms with Crippen molar-refractivity contribution in [2.45, 2.75) is 32.9 Å². The summed E-state index contributed by atoms with van der Waals surface area (Å²) in [4.78, 5) is 8.73. The molecule has 3 aromatic rings. The first-order valence-electron chi connectivity index (χ1n) is 9.19. The van der Waals surface area contributed by atoms with Crippen molar-refractivity contribution in [3.05, 3.63) is 70.4 Å². The summed E-state index contributed by atoms with van der Waals surface area (Å²) in [5, 5.41) is 15.3. The van der Waals surface area contributed by atoms with Gasteiger partial charge in [-0.25, -0.2) is 14.7 Å². The third-order valence-electron chi connectivity index (χ3n) is 4.25. The topological polar surface area (TPSA) is 67.1 Å². The summed E-state index contributed by atoms with van der Waals surface area (Å²) < 4.78 is 1.82. The van der Waals surface area contributed by atoms with E-state index in [2.05, 4.69) is 75.7 Å². The molecule has 0 saturated heterocycles. The van der Waals surface area contributed by atoms with Crippen molar-refractivity contribution in [1.29, 1.82) is 0 Å². The Labute approximate surface area is 187 Å². The first kappa shape index (κ1) is 22.4. The largest absolute Gasteiger partial charge is 0.357 e. The number of nitrogens with one attached hydrogen (secondary N) is 2. The molecule has 2 aromatic heterocycles. The van der Waals surface area contributed by atoms with Crippen molar-refractivity contribution in [1.82, 2.24) is 25.4 Å². The SMILES string of the molecule is CCNC(=NCc1cccc(Cn2cncn2)c1)NCC(C)c1ccsc1.I. The van der Waals surface area contributed by atoms with Crippen molar-refractivity contribution >= 4 is 41.3 Å². The smallest absolute Gasteiger partial charge is 0.191 e. The van der Waals surface area contributed by atoms with Crippen LogP contribution in [0.15, 0.2) is 58.7 Å². The van der Waals surface area contributed by atoms with E-state index in [9.17, 15) is 0 Å². The zero-order chi connectivity index (χ0) is 18.9. The van der Waals surface area contributed by atoms with Gasteiger partial charge in [0.15, 0.2) is 5.96 Å². The molecule has 0 aliphatic carbocycles. The third kappa shape index (κ3) is 6.90. The van der Waals surface area contributed by atoms with Gasteiger partial charge < -0.3 is 10.6 Å². The summed E-state index contributed by atoms with van der Waals surface area (Å²) >= 11 is 1.74. The van der Waals surface area contributed by atoms with Crippen LogP contribution in [0.25, 0.3) is 0 Å². The number of benzene rings is 1. The molecule has 2 N–H and O–H groups in total. The van der Waals surface area contributed by atoms with Gasteiger partial charge in [-0.05, 0) is 46.4 Å². The Morgan fingerprint density at radius 1 is 1.25 bits per heavy atom. The molecule has 8 heteroatoms. The van der Waals surface area contributed by atoms with E-state index < -0.39 is 0 Å². The molecular weight excluding hydrogens is 483 g/mol. The normalized spacial score (nSPS) is 12.3. The van der Waals surface area contributed by atoms with Gasteiger partial charge in [-0.3, -0.25) is 0 Å². The Balaban J connectivity index is 0.00000280. The van der Waals surface area contributed by atoms with E-state index >= 15 is 0 Å². The molecule has 28 heavy (non-hydrogen) atoms. The summed E-state index contributed by atoms with van der Waals surface area (Å²) in [7, 11) is 0. The van der Waals surface area contributed by atoms with E-state index in [1.54, 1.807) is 24.0 Å². The summed E-state index contributed by atoms with van der Waals surface area (Å²) in [6.07, 6.45) is 3.28. The van der Waals surface area contributed by atoms with E-state index in [0.717, 1.165) is 19.0 Å². The molecular formula is C20H27IN6S. The molecule has 0 aliphatic heterocycles. The van der Waals surface area contributed by atoms with Gasteiger partial charge in [0.2, 0.25) is 0 Å². The van der Waals surface area contributed by atoms with Crippen LogP contribution in [-0.4, -0.2) is 33.8 Å². The molecule has 0 amide bonds. The van der Waals surface area contributed by atoms with Crippen LogP contribution < -0.4 is 10.6 Å². The molecule has 1 atom stereocenters. The Kier molecular flexibility index (Phi) is 9.42. The summed E-state index contributed by atoms with van der Waals surface area (Å²) in [6, 6.07) is 10.6. The molecule has 0 saturated carbocycles. The Bertz CT molecular complexity index is 832. The lowest BCUT2D eigenvalue weighted by Gasteiger charge is -2.15. The second-order valence-corrected chi connectivity index (χ2v) is 7.23. The monoisotopic (exact) mass is 510 g/mol. The fourth-order valence-corrected chi connectivity index (χ4v) is 3.55. The van der Waals surface area contributed by atoms with Crippen LogP contribution in [0.3, 0.4) is 0 Å². The number of aliphatic imine (C=N–C) groups is 1. The maximum atomic E-state index is 4.74. The lowest BCUT2D eigenvalue weighted by Crippen LogP contribution is -2.39. The van der Waals surface area contributed by atoms with Crippen molar-refractivity contribution in [3.8, 4) is 0 Å². The number of thiophene rings is 1. The molecule has 0 spiro atoms. The zero-order valence-electron chi connectivity index (χ0n) is 16.2. The minimum Gasteiger partial charge on any atom is -0.357 e. The first-order valence-corrected chi connectivity index (χ1v) is 10.1. The van der Waals surface area contributed by atoms with Gasteiger partial charge in [-0.15, -0.1) is 24.0 Å². The van der Waals surface area contributed by atoms with Gasteiger partial charge in [0.25, 0.3) is 0 Å². The van der Waals surface area contributed by atoms with Gasteiger partial charge in [0.05, 0.1) is 13.1 Å². The second-order valence-electron chi connectivity index (χ2n) is 6.45. The van der Waals surface area contributed by atoms with Crippen LogP contribution in [0.1, 0.15) is 36.5 Å². The fraction of sp³-hybridized carbons (Fsp3) is 0.350. The Morgan fingerprint density at radius 3 is 2.82 bits per heavy atom. The average Bonchev–Trinajstić information content (AvgIpc) is 3.38. The van der Waals surface area contributed by atoms with E-state index in [4.69, 9.17) is 4.99 Å². The van der Waals surface area contributed by atoms with Crippen LogP contribution in [0.4, 0.5) is 0 Å². The zero-order valence-corrected chi connectivity index (χ0v) is 19.4. The van der Waals surface area contributed by atoms with E-state index in [1.165, 1.54) is 16.7 Å². The highest BCUT2D eigenvalue weighted by atomic mass is 127.